The molecule has 4 saturated heterocycles. The minimum Gasteiger partial charge on any atom is -0.368 e. The minimum absolute atomic E-state index is 0.0149. The van der Waals surface area contributed by atoms with Crippen LogP contribution < -0.4 is 9.80 Å². The standard InChI is InChI=1S/2C34H47ClF2N4O2/c2*1-21(2)41(24(5)42)23(4)28-17-22(3)30(35)19-32(28)38-13-15-39(16-14-38)33(43)27-11-12-40(34(6,7)8)20-29(27)26-10-9-25(36)18-31(26)37/h2*9-10,17-19,21,23,27,29H,11-16,20H2,1-8H3/t23-,27?,29+;23-,27?,29-/m10/s1. The molecule has 0 saturated carbocycles. The van der Waals surface area contributed by atoms with Crippen molar-refractivity contribution in [2.24, 2.45) is 11.8 Å². The molecule has 4 aromatic carbocycles. The average molecular weight is 1230 g/mol. The Balaban J connectivity index is 0.000000246. The molecular formula is C68H94Cl2F4N8O4. The van der Waals surface area contributed by atoms with Crippen molar-refractivity contribution in [3.05, 3.63) is 127 Å². The summed E-state index contributed by atoms with van der Waals surface area (Å²) in [6, 6.07) is 15.3. The first-order chi connectivity index (χ1) is 40.2. The molecule has 2 unspecified atom stereocenters. The van der Waals surface area contributed by atoms with E-state index < -0.39 is 23.3 Å². The Hall–Kier alpha value is -5.42. The molecule has 0 aliphatic carbocycles. The zero-order valence-electron chi connectivity index (χ0n) is 53.8. The van der Waals surface area contributed by atoms with E-state index in [1.165, 1.54) is 24.3 Å². The summed E-state index contributed by atoms with van der Waals surface area (Å²) in [5.41, 5.74) is 6.47. The predicted molar refractivity (Wildman–Crippen MR) is 339 cm³/mol. The summed E-state index contributed by atoms with van der Waals surface area (Å²) in [5, 5.41) is 1.33. The molecule has 6 atom stereocenters. The number of aryl methyl sites for hydroxylation is 2. The number of piperazine rings is 2. The number of rotatable bonds is 12. The van der Waals surface area contributed by atoms with Gasteiger partial charge in [-0.1, -0.05) is 47.5 Å². The van der Waals surface area contributed by atoms with Gasteiger partial charge in [-0.2, -0.15) is 0 Å². The molecule has 4 aliphatic rings. The van der Waals surface area contributed by atoms with Crippen LogP contribution >= 0.6 is 23.2 Å². The first kappa shape index (κ1) is 68.1. The molecule has 4 amide bonds. The molecule has 0 aromatic heterocycles. The van der Waals surface area contributed by atoms with Crippen LogP contribution in [-0.4, -0.2) is 155 Å². The van der Waals surface area contributed by atoms with E-state index >= 15 is 8.78 Å². The summed E-state index contributed by atoms with van der Waals surface area (Å²) in [5.74, 6) is -3.84. The molecular weight excluding hydrogens is 1140 g/mol. The van der Waals surface area contributed by atoms with E-state index in [1.807, 2.05) is 87.1 Å². The number of halogens is 6. The fourth-order valence-corrected chi connectivity index (χ4v) is 14.1. The second-order valence-electron chi connectivity index (χ2n) is 26.9. The summed E-state index contributed by atoms with van der Waals surface area (Å²) >= 11 is 13.2. The van der Waals surface area contributed by atoms with Gasteiger partial charge in [0.2, 0.25) is 23.6 Å². The van der Waals surface area contributed by atoms with Crippen molar-refractivity contribution in [1.82, 2.24) is 29.4 Å². The number of anilines is 2. The summed E-state index contributed by atoms with van der Waals surface area (Å²) in [6.07, 6.45) is 1.23. The Bertz CT molecular complexity index is 2880. The van der Waals surface area contributed by atoms with Gasteiger partial charge in [0.05, 0.1) is 12.1 Å². The highest BCUT2D eigenvalue weighted by Crippen LogP contribution is 2.42. The van der Waals surface area contributed by atoms with E-state index in [0.717, 1.165) is 58.9 Å². The number of likely N-dealkylation sites (tertiary alicyclic amines) is 2. The van der Waals surface area contributed by atoms with Crippen molar-refractivity contribution < 1.29 is 36.7 Å². The number of benzene rings is 4. The fourth-order valence-electron chi connectivity index (χ4n) is 13.8. The quantitative estimate of drug-likeness (QED) is 0.130. The largest absolute Gasteiger partial charge is 0.368 e. The van der Waals surface area contributed by atoms with Crippen LogP contribution in [0.4, 0.5) is 28.9 Å². The topological polar surface area (TPSA) is 94.2 Å². The summed E-state index contributed by atoms with van der Waals surface area (Å²) < 4.78 is 57.7. The molecule has 18 heteroatoms. The minimum atomic E-state index is -0.617. The first-order valence-electron chi connectivity index (χ1n) is 30.8. The lowest BCUT2D eigenvalue weighted by molar-refractivity contribution is -0.139. The molecule has 4 aromatic rings. The second kappa shape index (κ2) is 28.0. The molecule has 0 N–H and O–H groups in total. The highest BCUT2D eigenvalue weighted by atomic mass is 35.5. The summed E-state index contributed by atoms with van der Waals surface area (Å²) in [7, 11) is 0. The van der Waals surface area contributed by atoms with Crippen LogP contribution in [0, 0.1) is 49.0 Å². The lowest BCUT2D eigenvalue weighted by Crippen LogP contribution is -2.55. The molecule has 4 aliphatic heterocycles. The van der Waals surface area contributed by atoms with Crippen molar-refractivity contribution in [3.63, 3.8) is 0 Å². The zero-order chi connectivity index (χ0) is 63.6. The van der Waals surface area contributed by atoms with Crippen LogP contribution in [0.15, 0.2) is 60.7 Å². The monoisotopic (exact) mass is 1230 g/mol. The summed E-state index contributed by atoms with van der Waals surface area (Å²) in [6.45, 7) is 39.1. The SMILES string of the molecule is CC(=O)N(C(C)C)[C@@H](C)c1cc(C)c(Cl)cc1N1CCN(C(=O)C2CCN(C(C)(C)C)C[C@H]2c2ccc(F)cc2F)CC1.CC(=O)N(C(C)C)[C@H](C)c1cc(C)c(Cl)cc1N1CCN(C(=O)C2CCN(C(C)(C)C)C[C@H]2c2ccc(F)cc2F)CC1. The molecule has 12 nitrogen and oxygen atoms in total. The maximum Gasteiger partial charge on any atom is 0.226 e. The van der Waals surface area contributed by atoms with Gasteiger partial charge in [0.25, 0.3) is 0 Å². The Morgan fingerprint density at radius 3 is 1.10 bits per heavy atom. The van der Waals surface area contributed by atoms with Gasteiger partial charge in [0, 0.05) is 160 Å². The first-order valence-corrected chi connectivity index (χ1v) is 31.6. The van der Waals surface area contributed by atoms with Gasteiger partial charge in [0.15, 0.2) is 0 Å². The van der Waals surface area contributed by atoms with Crippen LogP contribution in [0.3, 0.4) is 0 Å². The van der Waals surface area contributed by atoms with E-state index in [-0.39, 0.29) is 82.5 Å². The van der Waals surface area contributed by atoms with Crippen LogP contribution in [0.1, 0.15) is 167 Å². The van der Waals surface area contributed by atoms with Crippen molar-refractivity contribution in [3.8, 4) is 0 Å². The maximum atomic E-state index is 15.1. The van der Waals surface area contributed by atoms with Gasteiger partial charge < -0.3 is 29.4 Å². The third kappa shape index (κ3) is 15.5. The third-order valence-electron chi connectivity index (χ3n) is 18.5. The van der Waals surface area contributed by atoms with Crippen LogP contribution in [-0.2, 0) is 19.2 Å². The van der Waals surface area contributed by atoms with E-state index in [4.69, 9.17) is 23.2 Å². The Labute approximate surface area is 520 Å². The van der Waals surface area contributed by atoms with E-state index in [1.54, 1.807) is 13.8 Å². The van der Waals surface area contributed by atoms with Crippen molar-refractivity contribution >= 4 is 58.2 Å². The van der Waals surface area contributed by atoms with E-state index in [2.05, 4.69) is 73.3 Å². The molecule has 86 heavy (non-hydrogen) atoms. The Morgan fingerprint density at radius 2 is 0.826 bits per heavy atom. The Kier molecular flexibility index (Phi) is 22.1. The van der Waals surface area contributed by atoms with Crippen molar-refractivity contribution in [1.29, 1.82) is 0 Å². The number of hydrogen-bond acceptors (Lipinski definition) is 8. The number of hydrogen-bond donors (Lipinski definition) is 0. The van der Waals surface area contributed by atoms with E-state index in [0.29, 0.717) is 99.5 Å². The fraction of sp³-hybridized carbons (Fsp3) is 0.588. The van der Waals surface area contributed by atoms with Gasteiger partial charge >= 0.3 is 0 Å². The van der Waals surface area contributed by atoms with Gasteiger partial charge in [0.1, 0.15) is 23.3 Å². The lowest BCUT2D eigenvalue weighted by Gasteiger charge is -2.46. The molecule has 0 bridgehead atoms. The van der Waals surface area contributed by atoms with Crippen molar-refractivity contribution in [2.75, 3.05) is 88.3 Å². The predicted octanol–water partition coefficient (Wildman–Crippen LogP) is 13.6. The highest BCUT2D eigenvalue weighted by Gasteiger charge is 2.44. The number of amides is 4. The number of carbonyl (C=O) groups excluding carboxylic acids is 4. The molecule has 0 radical (unpaired) electrons. The molecule has 4 heterocycles. The van der Waals surface area contributed by atoms with Crippen LogP contribution in [0.25, 0.3) is 0 Å². The summed E-state index contributed by atoms with van der Waals surface area (Å²) in [4.78, 5) is 69.8. The molecule has 0 spiro atoms. The van der Waals surface area contributed by atoms with Crippen LogP contribution in [0.2, 0.25) is 10.0 Å². The van der Waals surface area contributed by atoms with Gasteiger partial charge in [-0.15, -0.1) is 0 Å². The molecule has 8 rings (SSSR count). The third-order valence-corrected chi connectivity index (χ3v) is 19.4. The molecule has 4 fully saturated rings. The number of carbonyl (C=O) groups is 4. The van der Waals surface area contributed by atoms with Crippen molar-refractivity contribution in [2.45, 2.75) is 171 Å². The highest BCUT2D eigenvalue weighted by molar-refractivity contribution is 6.32. The average Bonchev–Trinajstić information content (AvgIpc) is 0.916. The lowest BCUT2D eigenvalue weighted by atomic mass is 9.78. The maximum absolute atomic E-state index is 15.1. The Morgan fingerprint density at radius 1 is 0.500 bits per heavy atom. The van der Waals surface area contributed by atoms with Gasteiger partial charge in [-0.25, -0.2) is 17.6 Å². The number of nitrogens with zero attached hydrogens (tertiary/aromatic N) is 8. The zero-order valence-corrected chi connectivity index (χ0v) is 55.3. The number of piperidine rings is 2. The van der Waals surface area contributed by atoms with E-state index in [9.17, 15) is 28.0 Å². The van der Waals surface area contributed by atoms with Crippen LogP contribution in [0.5, 0.6) is 0 Å². The van der Waals surface area contributed by atoms with Gasteiger partial charge in [-0.3, -0.25) is 29.0 Å². The second-order valence-corrected chi connectivity index (χ2v) is 27.7. The molecule has 472 valence electrons. The smallest absolute Gasteiger partial charge is 0.226 e. The normalized spacial score (nSPS) is 20.8. The van der Waals surface area contributed by atoms with Gasteiger partial charge in [-0.05, 0) is 181 Å².